The van der Waals surface area contributed by atoms with Gasteiger partial charge in [0, 0.05) is 25.8 Å². The number of hydrogen-bond donors (Lipinski definition) is 1. The van der Waals surface area contributed by atoms with Gasteiger partial charge in [0.2, 0.25) is 5.91 Å². The van der Waals surface area contributed by atoms with E-state index >= 15 is 0 Å². The molecule has 0 heterocycles. The Balaban J connectivity index is 3.20. The average molecular weight is 441 g/mol. The molecular weight excluding hydrogens is 392 g/mol. The molecule has 182 valence electrons. The summed E-state index contributed by atoms with van der Waals surface area (Å²) in [6.07, 6.45) is 18.3. The first-order valence-corrected chi connectivity index (χ1v) is 12.4. The third-order valence-electron chi connectivity index (χ3n) is 5.25. The lowest BCUT2D eigenvalue weighted by molar-refractivity contribution is -0.121. The summed E-state index contributed by atoms with van der Waals surface area (Å²) in [5.41, 5.74) is 1.08. The smallest absolute Gasteiger partial charge is 0.220 e. The minimum atomic E-state index is 0.140. The highest BCUT2D eigenvalue weighted by Gasteiger charge is 2.00. The zero-order valence-electron chi connectivity index (χ0n) is 20.5. The normalized spacial score (nSPS) is 12.0. The highest BCUT2D eigenvalue weighted by molar-refractivity contribution is 5.81. The Morgan fingerprint density at radius 3 is 1.77 bits per heavy atom. The van der Waals surface area contributed by atoms with Gasteiger partial charge in [0.25, 0.3) is 0 Å². The predicted molar refractivity (Wildman–Crippen MR) is 129 cm³/mol. The Morgan fingerprint density at radius 1 is 0.742 bits per heavy atom. The molecule has 7 heteroatoms. The molecule has 0 unspecified atom stereocenters. The molecule has 0 aliphatic heterocycles. The summed E-state index contributed by atoms with van der Waals surface area (Å²) >= 11 is 0. The molecule has 0 aromatic carbocycles. The van der Waals surface area contributed by atoms with Gasteiger partial charge in [-0.3, -0.25) is 4.79 Å². The first-order valence-electron chi connectivity index (χ1n) is 12.4. The second-order valence-electron chi connectivity index (χ2n) is 8.18. The van der Waals surface area contributed by atoms with Gasteiger partial charge < -0.3 is 14.8 Å². The maximum Gasteiger partial charge on any atom is 0.220 e. The van der Waals surface area contributed by atoms with Crippen molar-refractivity contribution in [3.63, 3.8) is 0 Å². The van der Waals surface area contributed by atoms with Crippen LogP contribution in [-0.2, 0) is 14.3 Å². The molecule has 0 aromatic heterocycles. The van der Waals surface area contributed by atoms with Gasteiger partial charge in [-0.05, 0) is 26.2 Å². The van der Waals surface area contributed by atoms with E-state index in [1.165, 1.54) is 70.6 Å². The number of nitrogens with one attached hydrogen (secondary N) is 1. The molecule has 0 atom stereocenters. The number of carbonyl (C=O) groups is 1. The summed E-state index contributed by atoms with van der Waals surface area (Å²) in [5, 5.41) is 14.2. The second-order valence-corrected chi connectivity index (χ2v) is 8.18. The summed E-state index contributed by atoms with van der Waals surface area (Å²) in [6.45, 7) is 4.34. The summed E-state index contributed by atoms with van der Waals surface area (Å²) in [7, 11) is 3.30. The zero-order valence-corrected chi connectivity index (χ0v) is 20.5. The first kappa shape index (κ1) is 29.7. The Hall–Kier alpha value is -1.34. The van der Waals surface area contributed by atoms with E-state index in [-0.39, 0.29) is 5.91 Å². The van der Waals surface area contributed by atoms with Crippen molar-refractivity contribution in [1.29, 1.82) is 0 Å². The number of ether oxygens (including phenoxy) is 2. The van der Waals surface area contributed by atoms with Gasteiger partial charge in [-0.15, -0.1) is 5.10 Å². The molecule has 1 N–H and O–H groups in total. The Labute approximate surface area is 190 Å². The van der Waals surface area contributed by atoms with Crippen LogP contribution in [0.2, 0.25) is 0 Å². The van der Waals surface area contributed by atoms with E-state index in [1.807, 2.05) is 6.92 Å². The van der Waals surface area contributed by atoms with Crippen molar-refractivity contribution in [1.82, 2.24) is 5.32 Å². The Bertz CT molecular complexity index is 456. The van der Waals surface area contributed by atoms with Crippen LogP contribution < -0.4 is 5.32 Å². The molecule has 1 amide bonds. The molecule has 0 saturated carbocycles. The quantitative estimate of drug-likeness (QED) is 0.0905. The van der Waals surface area contributed by atoms with Crippen LogP contribution in [0.5, 0.6) is 0 Å². The summed E-state index contributed by atoms with van der Waals surface area (Å²) < 4.78 is 10.2. The van der Waals surface area contributed by atoms with E-state index in [9.17, 15) is 4.79 Å². The molecule has 0 bridgehead atoms. The molecule has 0 aliphatic rings. The fraction of sp³-hybridized carbons (Fsp3) is 0.917. The largest absolute Gasteiger partial charge is 0.382 e. The van der Waals surface area contributed by atoms with E-state index < -0.39 is 0 Å². The van der Waals surface area contributed by atoms with Gasteiger partial charge in [0.15, 0.2) is 0 Å². The van der Waals surface area contributed by atoms with E-state index in [0.29, 0.717) is 32.8 Å². The molecule has 31 heavy (non-hydrogen) atoms. The van der Waals surface area contributed by atoms with Crippen LogP contribution in [0.1, 0.15) is 103 Å². The van der Waals surface area contributed by atoms with E-state index in [1.54, 1.807) is 14.2 Å². The van der Waals surface area contributed by atoms with Gasteiger partial charge >= 0.3 is 0 Å². The maximum absolute atomic E-state index is 11.7. The van der Waals surface area contributed by atoms with Crippen molar-refractivity contribution in [3.8, 4) is 0 Å². The fourth-order valence-corrected chi connectivity index (χ4v) is 3.38. The zero-order chi connectivity index (χ0) is 22.8. The van der Waals surface area contributed by atoms with Crippen LogP contribution >= 0.6 is 0 Å². The predicted octanol–water partition coefficient (Wildman–Crippen LogP) is 6.08. The fourth-order valence-electron chi connectivity index (χ4n) is 3.38. The summed E-state index contributed by atoms with van der Waals surface area (Å²) in [4.78, 5) is 11.7. The molecular formula is C24H48N4O3. The first-order chi connectivity index (χ1) is 15.2. The minimum absolute atomic E-state index is 0.140. The number of rotatable bonds is 23. The van der Waals surface area contributed by atoms with Crippen molar-refractivity contribution in [2.45, 2.75) is 103 Å². The number of unbranched alkanes of at least 4 members (excludes halogenated alkanes) is 12. The number of nitrogens with zero attached hydrogens (tertiary/aromatic N) is 3. The van der Waals surface area contributed by atoms with Crippen molar-refractivity contribution in [2.75, 3.05) is 40.5 Å². The lowest BCUT2D eigenvalue weighted by Gasteiger charge is -2.06. The van der Waals surface area contributed by atoms with E-state index in [4.69, 9.17) is 9.47 Å². The highest BCUT2D eigenvalue weighted by Crippen LogP contribution is 2.13. The lowest BCUT2D eigenvalue weighted by atomic mass is 10.0. The summed E-state index contributed by atoms with van der Waals surface area (Å²) in [5.74, 6) is 0.140. The third-order valence-corrected chi connectivity index (χ3v) is 5.25. The molecule has 0 fully saturated rings. The van der Waals surface area contributed by atoms with Crippen LogP contribution in [0, 0.1) is 0 Å². The number of carbonyl (C=O) groups excluding carboxylic acids is 1. The van der Waals surface area contributed by atoms with Crippen molar-refractivity contribution < 1.29 is 14.3 Å². The molecule has 7 nitrogen and oxygen atoms in total. The molecule has 0 saturated heterocycles. The monoisotopic (exact) mass is 440 g/mol. The van der Waals surface area contributed by atoms with Gasteiger partial charge in [-0.2, -0.15) is 5.11 Å². The minimum Gasteiger partial charge on any atom is -0.382 e. The van der Waals surface area contributed by atoms with Crippen LogP contribution in [0.4, 0.5) is 0 Å². The highest BCUT2D eigenvalue weighted by atomic mass is 16.5. The molecule has 0 rings (SSSR count). The SMILES string of the molecule is CN=N/N=C(\C)CCCCCCCCCCCCCCCC(=O)NCCOCCOC. The second kappa shape index (κ2) is 24.9. The van der Waals surface area contributed by atoms with Crippen LogP contribution in [0.15, 0.2) is 15.4 Å². The van der Waals surface area contributed by atoms with Crippen LogP contribution in [-0.4, -0.2) is 52.1 Å². The number of methoxy groups -OCH3 is 1. The van der Waals surface area contributed by atoms with Gasteiger partial charge in [-0.1, -0.05) is 75.9 Å². The molecule has 0 aromatic rings. The van der Waals surface area contributed by atoms with Crippen molar-refractivity contribution in [3.05, 3.63) is 0 Å². The standard InChI is InChI=1S/C24H48N4O3/c1-23(27-28-25-2)17-15-13-11-9-7-5-4-6-8-10-12-14-16-18-24(29)26-19-20-31-22-21-30-3/h4-22H2,1-3H3,(H,26,29)/b27-23+,28-25?. The lowest BCUT2D eigenvalue weighted by Crippen LogP contribution is -2.27. The van der Waals surface area contributed by atoms with Crippen LogP contribution in [0.3, 0.4) is 0 Å². The van der Waals surface area contributed by atoms with Crippen molar-refractivity contribution in [2.24, 2.45) is 15.4 Å². The third kappa shape index (κ3) is 24.8. The number of amides is 1. The van der Waals surface area contributed by atoms with Gasteiger partial charge in [0.05, 0.1) is 26.9 Å². The topological polar surface area (TPSA) is 84.6 Å². The molecule has 0 radical (unpaired) electrons. The van der Waals surface area contributed by atoms with Crippen molar-refractivity contribution >= 4 is 11.6 Å². The van der Waals surface area contributed by atoms with Crippen LogP contribution in [0.25, 0.3) is 0 Å². The van der Waals surface area contributed by atoms with E-state index in [0.717, 1.165) is 25.0 Å². The Kier molecular flexibility index (Phi) is 23.8. The summed E-state index contributed by atoms with van der Waals surface area (Å²) in [6, 6.07) is 0. The van der Waals surface area contributed by atoms with Gasteiger partial charge in [-0.25, -0.2) is 0 Å². The van der Waals surface area contributed by atoms with Gasteiger partial charge in [0.1, 0.15) is 0 Å². The molecule has 0 spiro atoms. The molecule has 0 aliphatic carbocycles. The van der Waals surface area contributed by atoms with E-state index in [2.05, 4.69) is 20.8 Å². The average Bonchev–Trinajstić information content (AvgIpc) is 2.77. The number of hydrogen-bond acceptors (Lipinski definition) is 5. The Morgan fingerprint density at radius 2 is 1.26 bits per heavy atom. The maximum atomic E-state index is 11.7.